The Morgan fingerprint density at radius 2 is 2.10 bits per heavy atom. The normalized spacial score (nSPS) is 17.0. The molecule has 0 saturated carbocycles. The van der Waals surface area contributed by atoms with Gasteiger partial charge in [-0.3, -0.25) is 4.79 Å². The summed E-state index contributed by atoms with van der Waals surface area (Å²) >= 11 is 0. The number of carbonyl (C=O) groups excluding carboxylic acids is 1. The van der Waals surface area contributed by atoms with Gasteiger partial charge in [-0.15, -0.1) is 0 Å². The molecule has 1 aromatic heterocycles. The maximum Gasteiger partial charge on any atom is 0.272 e. The number of carbonyl (C=O) groups is 1. The summed E-state index contributed by atoms with van der Waals surface area (Å²) < 4.78 is 0. The van der Waals surface area contributed by atoms with Crippen LogP contribution in [0.25, 0.3) is 0 Å². The summed E-state index contributed by atoms with van der Waals surface area (Å²) in [5.41, 5.74) is 0.868. The van der Waals surface area contributed by atoms with Gasteiger partial charge in [-0.2, -0.15) is 0 Å². The Morgan fingerprint density at radius 1 is 1.33 bits per heavy atom. The van der Waals surface area contributed by atoms with Gasteiger partial charge in [-0.25, -0.2) is 4.98 Å². The van der Waals surface area contributed by atoms with E-state index in [1.165, 1.54) is 0 Å². The Bertz CT molecular complexity index is 483. The quantitative estimate of drug-likeness (QED) is 0.871. The minimum absolute atomic E-state index is 0.0684. The largest absolute Gasteiger partial charge is 0.370 e. The molecular weight excluding hydrogens is 262 g/mol. The zero-order valence-electron chi connectivity index (χ0n) is 13.5. The van der Waals surface area contributed by atoms with E-state index in [1.54, 1.807) is 0 Å². The van der Waals surface area contributed by atoms with Crippen LogP contribution in [0.1, 0.15) is 56.9 Å². The molecule has 116 valence electrons. The molecule has 0 atom stereocenters. The third kappa shape index (κ3) is 3.55. The van der Waals surface area contributed by atoms with Crippen LogP contribution in [0.4, 0.5) is 5.82 Å². The molecule has 0 bridgehead atoms. The van der Waals surface area contributed by atoms with Gasteiger partial charge in [-0.1, -0.05) is 26.8 Å². The predicted molar refractivity (Wildman–Crippen MR) is 86.6 cm³/mol. The highest BCUT2D eigenvalue weighted by atomic mass is 16.2. The van der Waals surface area contributed by atoms with E-state index in [-0.39, 0.29) is 5.91 Å². The Hall–Kier alpha value is -1.58. The first-order chi connectivity index (χ1) is 10.1. The first-order valence-electron chi connectivity index (χ1n) is 8.14. The second kappa shape index (κ2) is 6.92. The van der Waals surface area contributed by atoms with Crippen LogP contribution in [-0.2, 0) is 0 Å². The maximum absolute atomic E-state index is 12.6. The van der Waals surface area contributed by atoms with Crippen molar-refractivity contribution in [3.8, 4) is 0 Å². The highest BCUT2D eigenvalue weighted by Gasteiger charge is 2.37. The molecule has 4 heteroatoms. The molecule has 1 amide bonds. The zero-order chi connectivity index (χ0) is 15.3. The highest BCUT2D eigenvalue weighted by molar-refractivity contribution is 5.92. The van der Waals surface area contributed by atoms with Gasteiger partial charge in [0.1, 0.15) is 11.5 Å². The zero-order valence-corrected chi connectivity index (χ0v) is 13.5. The fourth-order valence-corrected chi connectivity index (χ4v) is 3.00. The van der Waals surface area contributed by atoms with Crippen molar-refractivity contribution in [1.29, 1.82) is 0 Å². The van der Waals surface area contributed by atoms with Crippen LogP contribution in [0, 0.1) is 5.41 Å². The number of aromatic nitrogens is 1. The van der Waals surface area contributed by atoms with Gasteiger partial charge in [0, 0.05) is 19.6 Å². The molecule has 0 aliphatic carbocycles. The first kappa shape index (κ1) is 15.8. The van der Waals surface area contributed by atoms with Crippen LogP contribution in [0.5, 0.6) is 0 Å². The highest BCUT2D eigenvalue weighted by Crippen LogP contribution is 2.37. The third-order valence-corrected chi connectivity index (χ3v) is 4.75. The number of hydrogen-bond acceptors (Lipinski definition) is 3. The van der Waals surface area contributed by atoms with Crippen molar-refractivity contribution in [3.63, 3.8) is 0 Å². The number of hydrogen-bond donors (Lipinski definition) is 1. The SMILES string of the molecule is CCCNc1cccc(C(=O)N2CCC(CC)(CC)C2)n1. The third-order valence-electron chi connectivity index (χ3n) is 4.75. The lowest BCUT2D eigenvalue weighted by Crippen LogP contribution is -2.32. The molecule has 1 saturated heterocycles. The minimum atomic E-state index is 0.0684. The van der Waals surface area contributed by atoms with E-state index in [0.29, 0.717) is 11.1 Å². The van der Waals surface area contributed by atoms with Crippen LogP contribution in [0.2, 0.25) is 0 Å². The number of pyridine rings is 1. The molecule has 4 nitrogen and oxygen atoms in total. The molecule has 0 aromatic carbocycles. The van der Waals surface area contributed by atoms with Gasteiger partial charge >= 0.3 is 0 Å². The lowest BCUT2D eigenvalue weighted by molar-refractivity contribution is 0.0764. The average molecular weight is 289 g/mol. The number of amides is 1. The predicted octanol–water partition coefficient (Wildman–Crippen LogP) is 3.56. The standard InChI is InChI=1S/C17H27N3O/c1-4-11-18-15-9-7-8-14(19-15)16(21)20-12-10-17(5-2,6-3)13-20/h7-9H,4-6,10-13H2,1-3H3,(H,18,19). The second-order valence-corrected chi connectivity index (χ2v) is 6.02. The molecule has 1 aliphatic heterocycles. The van der Waals surface area contributed by atoms with Crippen LogP contribution >= 0.6 is 0 Å². The number of nitrogens with zero attached hydrogens (tertiary/aromatic N) is 2. The van der Waals surface area contributed by atoms with Gasteiger partial charge in [-0.05, 0) is 43.2 Å². The molecule has 1 aromatic rings. The van der Waals surface area contributed by atoms with Gasteiger partial charge in [0.25, 0.3) is 5.91 Å². The molecular formula is C17H27N3O. The van der Waals surface area contributed by atoms with Crippen molar-refractivity contribution < 1.29 is 4.79 Å². The van der Waals surface area contributed by atoms with Crippen molar-refractivity contribution >= 4 is 11.7 Å². The Balaban J connectivity index is 2.07. The number of rotatable bonds is 6. The van der Waals surface area contributed by atoms with E-state index in [9.17, 15) is 4.79 Å². The lowest BCUT2D eigenvalue weighted by atomic mass is 9.82. The van der Waals surface area contributed by atoms with E-state index < -0.39 is 0 Å². The first-order valence-corrected chi connectivity index (χ1v) is 8.14. The van der Waals surface area contributed by atoms with Crippen LogP contribution in [-0.4, -0.2) is 35.4 Å². The van der Waals surface area contributed by atoms with Crippen molar-refractivity contribution in [2.75, 3.05) is 25.0 Å². The minimum Gasteiger partial charge on any atom is -0.370 e. The van der Waals surface area contributed by atoms with Crippen molar-refractivity contribution in [2.24, 2.45) is 5.41 Å². The molecule has 0 spiro atoms. The van der Waals surface area contributed by atoms with Crippen LogP contribution in [0.3, 0.4) is 0 Å². The fraction of sp³-hybridized carbons (Fsp3) is 0.647. The molecule has 0 radical (unpaired) electrons. The van der Waals surface area contributed by atoms with Gasteiger partial charge in [0.2, 0.25) is 0 Å². The monoisotopic (exact) mass is 289 g/mol. The summed E-state index contributed by atoms with van der Waals surface area (Å²) in [5, 5.41) is 3.24. The van der Waals surface area contributed by atoms with E-state index in [1.807, 2.05) is 23.1 Å². The Kier molecular flexibility index (Phi) is 5.21. The Morgan fingerprint density at radius 3 is 2.71 bits per heavy atom. The smallest absolute Gasteiger partial charge is 0.272 e. The van der Waals surface area contributed by atoms with Crippen molar-refractivity contribution in [3.05, 3.63) is 23.9 Å². The number of likely N-dealkylation sites (tertiary alicyclic amines) is 1. The van der Waals surface area contributed by atoms with Gasteiger partial charge < -0.3 is 10.2 Å². The summed E-state index contributed by atoms with van der Waals surface area (Å²) in [6, 6.07) is 5.64. The summed E-state index contributed by atoms with van der Waals surface area (Å²) in [6.07, 6.45) is 4.43. The van der Waals surface area contributed by atoms with Crippen molar-refractivity contribution in [2.45, 2.75) is 46.5 Å². The molecule has 1 aliphatic rings. The summed E-state index contributed by atoms with van der Waals surface area (Å²) in [5.74, 6) is 0.859. The van der Waals surface area contributed by atoms with Gasteiger partial charge in [0.05, 0.1) is 0 Å². The average Bonchev–Trinajstić information content (AvgIpc) is 2.97. The fourth-order valence-electron chi connectivity index (χ4n) is 3.00. The van der Waals surface area contributed by atoms with Gasteiger partial charge in [0.15, 0.2) is 0 Å². The van der Waals surface area contributed by atoms with Crippen LogP contribution < -0.4 is 5.32 Å². The van der Waals surface area contributed by atoms with E-state index in [4.69, 9.17) is 0 Å². The van der Waals surface area contributed by atoms with Crippen LogP contribution in [0.15, 0.2) is 18.2 Å². The molecule has 21 heavy (non-hydrogen) atoms. The Labute approximate surface area is 127 Å². The molecule has 1 N–H and O–H groups in total. The molecule has 2 heterocycles. The second-order valence-electron chi connectivity index (χ2n) is 6.02. The maximum atomic E-state index is 12.6. The topological polar surface area (TPSA) is 45.2 Å². The molecule has 1 fully saturated rings. The van der Waals surface area contributed by atoms with E-state index >= 15 is 0 Å². The van der Waals surface area contributed by atoms with E-state index in [2.05, 4.69) is 31.1 Å². The molecule has 2 rings (SSSR count). The summed E-state index contributed by atoms with van der Waals surface area (Å²) in [7, 11) is 0. The summed E-state index contributed by atoms with van der Waals surface area (Å²) in [4.78, 5) is 19.1. The number of nitrogens with one attached hydrogen (secondary N) is 1. The summed E-state index contributed by atoms with van der Waals surface area (Å²) in [6.45, 7) is 9.17. The van der Waals surface area contributed by atoms with E-state index in [0.717, 1.165) is 51.1 Å². The van der Waals surface area contributed by atoms with Crippen molar-refractivity contribution in [1.82, 2.24) is 9.88 Å². The number of anilines is 1. The molecule has 0 unspecified atom stereocenters. The lowest BCUT2D eigenvalue weighted by Gasteiger charge is -2.26.